The summed E-state index contributed by atoms with van der Waals surface area (Å²) in [5, 5.41) is 7.58. The number of ether oxygens (including phenoxy) is 1. The first kappa shape index (κ1) is 10.5. The van der Waals surface area contributed by atoms with Crippen molar-refractivity contribution in [2.45, 2.75) is 38.8 Å². The lowest BCUT2D eigenvalue weighted by Gasteiger charge is -2.22. The lowest BCUT2D eigenvalue weighted by atomic mass is 10.1. The highest BCUT2D eigenvalue weighted by molar-refractivity contribution is 5.12. The normalized spacial score (nSPS) is 21.5. The Morgan fingerprint density at radius 3 is 3.33 bits per heavy atom. The number of piperidine rings is 1. The van der Waals surface area contributed by atoms with Crippen LogP contribution in [0.4, 0.5) is 0 Å². The van der Waals surface area contributed by atoms with Gasteiger partial charge >= 0.3 is 0 Å². The fourth-order valence-corrected chi connectivity index (χ4v) is 1.87. The number of aryl methyl sites for hydroxylation is 1. The van der Waals surface area contributed by atoms with Gasteiger partial charge in [-0.25, -0.2) is 0 Å². The van der Waals surface area contributed by atoms with Gasteiger partial charge in [0.1, 0.15) is 6.10 Å². The highest BCUT2D eigenvalue weighted by Crippen LogP contribution is 2.14. The van der Waals surface area contributed by atoms with Gasteiger partial charge in [0.2, 0.25) is 0 Å². The molecule has 15 heavy (non-hydrogen) atoms. The number of rotatable bonds is 4. The molecule has 2 heterocycles. The quantitative estimate of drug-likeness (QED) is 0.815. The average molecular weight is 209 g/mol. The Hall–Kier alpha value is -1.03. The first-order valence-corrected chi connectivity index (χ1v) is 5.78. The maximum Gasteiger partial charge on any atom is 0.157 e. The van der Waals surface area contributed by atoms with Crippen molar-refractivity contribution in [1.82, 2.24) is 15.1 Å². The standard InChI is InChI=1S/C11H19N3O/c1-2-6-14-9-11(8-13-14)15-10-4-3-5-12-7-10/h8-10,12H,2-7H2,1H3. The summed E-state index contributed by atoms with van der Waals surface area (Å²) < 4.78 is 7.77. The summed E-state index contributed by atoms with van der Waals surface area (Å²) in [5.74, 6) is 0.900. The summed E-state index contributed by atoms with van der Waals surface area (Å²) in [6.07, 6.45) is 7.56. The highest BCUT2D eigenvalue weighted by atomic mass is 16.5. The van der Waals surface area contributed by atoms with Gasteiger partial charge in [-0.3, -0.25) is 4.68 Å². The van der Waals surface area contributed by atoms with Gasteiger partial charge in [-0.15, -0.1) is 0 Å². The third kappa shape index (κ3) is 2.96. The number of hydrogen-bond acceptors (Lipinski definition) is 3. The van der Waals surface area contributed by atoms with Gasteiger partial charge in [0.15, 0.2) is 5.75 Å². The molecular weight excluding hydrogens is 190 g/mol. The molecule has 0 amide bonds. The average Bonchev–Trinajstić information content (AvgIpc) is 2.68. The predicted octanol–water partition coefficient (Wildman–Crippen LogP) is 1.42. The molecule has 0 radical (unpaired) electrons. The largest absolute Gasteiger partial charge is 0.486 e. The molecule has 0 spiro atoms. The SMILES string of the molecule is CCCn1cc(OC2CCCNC2)cn1. The molecule has 1 N–H and O–H groups in total. The molecule has 2 rings (SSSR count). The Morgan fingerprint density at radius 2 is 2.60 bits per heavy atom. The molecule has 1 atom stereocenters. The van der Waals surface area contributed by atoms with E-state index in [1.54, 1.807) is 0 Å². The summed E-state index contributed by atoms with van der Waals surface area (Å²) in [6, 6.07) is 0. The zero-order chi connectivity index (χ0) is 10.5. The molecule has 1 aliphatic rings. The van der Waals surface area contributed by atoms with E-state index in [9.17, 15) is 0 Å². The van der Waals surface area contributed by atoms with Crippen LogP contribution in [0.15, 0.2) is 12.4 Å². The minimum atomic E-state index is 0.318. The van der Waals surface area contributed by atoms with E-state index in [0.29, 0.717) is 6.10 Å². The molecule has 4 nitrogen and oxygen atoms in total. The monoisotopic (exact) mass is 209 g/mol. The Bertz CT molecular complexity index is 292. The summed E-state index contributed by atoms with van der Waals surface area (Å²) in [4.78, 5) is 0. The maximum atomic E-state index is 5.84. The molecule has 1 aliphatic heterocycles. The molecule has 1 unspecified atom stereocenters. The molecule has 0 aliphatic carbocycles. The molecular formula is C11H19N3O. The van der Waals surface area contributed by atoms with E-state index < -0.39 is 0 Å². The van der Waals surface area contributed by atoms with Crippen molar-refractivity contribution in [1.29, 1.82) is 0 Å². The van der Waals surface area contributed by atoms with Crippen LogP contribution in [0.3, 0.4) is 0 Å². The Balaban J connectivity index is 1.86. The van der Waals surface area contributed by atoms with Gasteiger partial charge in [0.25, 0.3) is 0 Å². The first-order valence-electron chi connectivity index (χ1n) is 5.78. The predicted molar refractivity (Wildman–Crippen MR) is 59.0 cm³/mol. The van der Waals surface area contributed by atoms with Crippen molar-refractivity contribution >= 4 is 0 Å². The van der Waals surface area contributed by atoms with Crippen LogP contribution in [0.25, 0.3) is 0 Å². The minimum Gasteiger partial charge on any atom is -0.486 e. The van der Waals surface area contributed by atoms with Crippen molar-refractivity contribution in [2.24, 2.45) is 0 Å². The van der Waals surface area contributed by atoms with Crippen molar-refractivity contribution < 1.29 is 4.74 Å². The summed E-state index contributed by atoms with van der Waals surface area (Å²) in [6.45, 7) is 5.19. The fraction of sp³-hybridized carbons (Fsp3) is 0.727. The van der Waals surface area contributed by atoms with E-state index in [4.69, 9.17) is 4.74 Å². The van der Waals surface area contributed by atoms with Crippen LogP contribution in [0, 0.1) is 0 Å². The molecule has 1 fully saturated rings. The smallest absolute Gasteiger partial charge is 0.157 e. The summed E-state index contributed by atoms with van der Waals surface area (Å²) >= 11 is 0. The minimum absolute atomic E-state index is 0.318. The summed E-state index contributed by atoms with van der Waals surface area (Å²) in [5.41, 5.74) is 0. The van der Waals surface area contributed by atoms with Crippen LogP contribution in [-0.4, -0.2) is 29.0 Å². The highest BCUT2D eigenvalue weighted by Gasteiger charge is 2.14. The van der Waals surface area contributed by atoms with Crippen LogP contribution in [0.1, 0.15) is 26.2 Å². The number of aromatic nitrogens is 2. The molecule has 0 bridgehead atoms. The van der Waals surface area contributed by atoms with E-state index in [0.717, 1.165) is 38.2 Å². The van der Waals surface area contributed by atoms with Crippen LogP contribution in [0.2, 0.25) is 0 Å². The van der Waals surface area contributed by atoms with Crippen molar-refractivity contribution in [3.05, 3.63) is 12.4 Å². The number of hydrogen-bond donors (Lipinski definition) is 1. The topological polar surface area (TPSA) is 39.1 Å². The fourth-order valence-electron chi connectivity index (χ4n) is 1.87. The van der Waals surface area contributed by atoms with Crippen LogP contribution >= 0.6 is 0 Å². The second kappa shape index (κ2) is 5.16. The Kier molecular flexibility index (Phi) is 3.61. The van der Waals surface area contributed by atoms with Crippen LogP contribution < -0.4 is 10.1 Å². The van der Waals surface area contributed by atoms with Gasteiger partial charge in [-0.1, -0.05) is 6.92 Å². The molecule has 1 saturated heterocycles. The Morgan fingerprint density at radius 1 is 1.67 bits per heavy atom. The third-order valence-electron chi connectivity index (χ3n) is 2.62. The van der Waals surface area contributed by atoms with Crippen molar-refractivity contribution in [3.63, 3.8) is 0 Å². The van der Waals surface area contributed by atoms with E-state index in [1.807, 2.05) is 17.1 Å². The van der Waals surface area contributed by atoms with E-state index in [1.165, 1.54) is 6.42 Å². The number of nitrogens with one attached hydrogen (secondary N) is 1. The van der Waals surface area contributed by atoms with Crippen LogP contribution in [-0.2, 0) is 6.54 Å². The Labute approximate surface area is 90.6 Å². The second-order valence-corrected chi connectivity index (χ2v) is 4.03. The third-order valence-corrected chi connectivity index (χ3v) is 2.62. The second-order valence-electron chi connectivity index (χ2n) is 4.03. The van der Waals surface area contributed by atoms with Gasteiger partial charge in [-0.2, -0.15) is 5.10 Å². The zero-order valence-electron chi connectivity index (χ0n) is 9.28. The maximum absolute atomic E-state index is 5.84. The molecule has 4 heteroatoms. The van der Waals surface area contributed by atoms with E-state index in [-0.39, 0.29) is 0 Å². The molecule has 0 aromatic carbocycles. The molecule has 0 saturated carbocycles. The van der Waals surface area contributed by atoms with Crippen molar-refractivity contribution in [3.8, 4) is 5.75 Å². The molecule has 1 aromatic heterocycles. The van der Waals surface area contributed by atoms with Gasteiger partial charge < -0.3 is 10.1 Å². The lowest BCUT2D eigenvalue weighted by molar-refractivity contribution is 0.167. The number of nitrogens with zero attached hydrogens (tertiary/aromatic N) is 2. The van der Waals surface area contributed by atoms with Gasteiger partial charge in [0.05, 0.1) is 12.4 Å². The molecule has 1 aromatic rings. The molecule has 84 valence electrons. The van der Waals surface area contributed by atoms with Gasteiger partial charge in [-0.05, 0) is 25.8 Å². The van der Waals surface area contributed by atoms with Crippen molar-refractivity contribution in [2.75, 3.05) is 13.1 Å². The van der Waals surface area contributed by atoms with E-state index >= 15 is 0 Å². The lowest BCUT2D eigenvalue weighted by Crippen LogP contribution is -2.37. The van der Waals surface area contributed by atoms with Crippen LogP contribution in [0.5, 0.6) is 5.75 Å². The van der Waals surface area contributed by atoms with E-state index in [2.05, 4.69) is 17.3 Å². The zero-order valence-corrected chi connectivity index (χ0v) is 9.28. The van der Waals surface area contributed by atoms with Gasteiger partial charge in [0, 0.05) is 13.1 Å². The first-order chi connectivity index (χ1) is 7.38. The summed E-state index contributed by atoms with van der Waals surface area (Å²) in [7, 11) is 0.